The number of aliphatic hydroxyl groups excluding tert-OH is 1. The van der Waals surface area contributed by atoms with Crippen LogP contribution < -0.4 is 4.74 Å². The summed E-state index contributed by atoms with van der Waals surface area (Å²) in [6, 6.07) is 6.98. The number of para-hydroxylation sites is 1. The van der Waals surface area contributed by atoms with E-state index in [0.29, 0.717) is 17.9 Å². The lowest BCUT2D eigenvalue weighted by atomic mass is 10.1. The molecule has 0 saturated carbocycles. The third kappa shape index (κ3) is 4.54. The van der Waals surface area contributed by atoms with Crippen molar-refractivity contribution in [2.24, 2.45) is 0 Å². The predicted octanol–water partition coefficient (Wildman–Crippen LogP) is 1.67. The van der Waals surface area contributed by atoms with Gasteiger partial charge in [-0.05, 0) is 26.0 Å². The summed E-state index contributed by atoms with van der Waals surface area (Å²) in [5.74, 6) is 0.440. The number of benzene rings is 1. The second-order valence-corrected chi connectivity index (χ2v) is 3.68. The van der Waals surface area contributed by atoms with Gasteiger partial charge in [0.25, 0.3) is 0 Å². The topological polar surface area (TPSA) is 55.8 Å². The Kier molecular flexibility index (Phi) is 5.66. The van der Waals surface area contributed by atoms with Crippen molar-refractivity contribution in [1.82, 2.24) is 0 Å². The summed E-state index contributed by atoms with van der Waals surface area (Å²) in [5, 5.41) is 9.54. The maximum atomic E-state index is 11.3. The molecule has 1 N–H and O–H groups in total. The van der Waals surface area contributed by atoms with Gasteiger partial charge in [-0.25, -0.2) is 0 Å². The summed E-state index contributed by atoms with van der Waals surface area (Å²) in [6.07, 6.45) is -0.685. The molecular formula is C13H18O4. The number of Topliss-reactive ketones (excluding diaryl/α,β-unsaturated/α-hetero) is 1. The predicted molar refractivity (Wildman–Crippen MR) is 64.4 cm³/mol. The minimum absolute atomic E-state index is 0.0557. The Morgan fingerprint density at radius 3 is 2.71 bits per heavy atom. The van der Waals surface area contributed by atoms with E-state index < -0.39 is 6.10 Å². The Morgan fingerprint density at radius 2 is 2.06 bits per heavy atom. The van der Waals surface area contributed by atoms with Crippen LogP contribution >= 0.6 is 0 Å². The summed E-state index contributed by atoms with van der Waals surface area (Å²) in [6.45, 7) is 4.25. The zero-order chi connectivity index (χ0) is 12.7. The van der Waals surface area contributed by atoms with E-state index in [1.807, 2.05) is 6.92 Å². The van der Waals surface area contributed by atoms with E-state index in [4.69, 9.17) is 9.47 Å². The largest absolute Gasteiger partial charge is 0.490 e. The Labute approximate surface area is 101 Å². The van der Waals surface area contributed by atoms with Gasteiger partial charge in [-0.2, -0.15) is 0 Å². The van der Waals surface area contributed by atoms with Gasteiger partial charge in [0.1, 0.15) is 18.5 Å². The molecule has 0 radical (unpaired) electrons. The molecule has 0 amide bonds. The van der Waals surface area contributed by atoms with Gasteiger partial charge in [0.15, 0.2) is 5.78 Å². The van der Waals surface area contributed by atoms with Gasteiger partial charge in [0.05, 0.1) is 12.2 Å². The lowest BCUT2D eigenvalue weighted by Crippen LogP contribution is -2.23. The maximum Gasteiger partial charge on any atom is 0.163 e. The quantitative estimate of drug-likeness (QED) is 0.734. The van der Waals surface area contributed by atoms with Crippen LogP contribution in [0.1, 0.15) is 24.2 Å². The summed E-state index contributed by atoms with van der Waals surface area (Å²) in [7, 11) is 0. The zero-order valence-corrected chi connectivity index (χ0v) is 10.2. The fraction of sp³-hybridized carbons (Fsp3) is 0.462. The van der Waals surface area contributed by atoms with E-state index in [9.17, 15) is 9.90 Å². The highest BCUT2D eigenvalue weighted by molar-refractivity contribution is 5.96. The lowest BCUT2D eigenvalue weighted by molar-refractivity contribution is 0.0163. The van der Waals surface area contributed by atoms with Crippen molar-refractivity contribution in [3.8, 4) is 5.75 Å². The monoisotopic (exact) mass is 238 g/mol. The number of aliphatic hydroxyl groups is 1. The average molecular weight is 238 g/mol. The zero-order valence-electron chi connectivity index (χ0n) is 10.2. The van der Waals surface area contributed by atoms with Crippen LogP contribution in [-0.4, -0.2) is 36.8 Å². The number of hydrogen-bond donors (Lipinski definition) is 1. The van der Waals surface area contributed by atoms with Gasteiger partial charge < -0.3 is 14.6 Å². The number of rotatable bonds is 7. The van der Waals surface area contributed by atoms with Crippen molar-refractivity contribution < 1.29 is 19.4 Å². The van der Waals surface area contributed by atoms with E-state index in [1.54, 1.807) is 24.3 Å². The highest BCUT2D eigenvalue weighted by Crippen LogP contribution is 2.18. The second-order valence-electron chi connectivity index (χ2n) is 3.68. The minimum Gasteiger partial charge on any atom is -0.490 e. The first-order valence-electron chi connectivity index (χ1n) is 5.63. The molecule has 4 nitrogen and oxygen atoms in total. The molecule has 0 spiro atoms. The molecule has 1 aromatic carbocycles. The molecule has 0 aliphatic heterocycles. The third-order valence-corrected chi connectivity index (χ3v) is 2.21. The van der Waals surface area contributed by atoms with Crippen LogP contribution in [-0.2, 0) is 4.74 Å². The van der Waals surface area contributed by atoms with Crippen LogP contribution in [0.5, 0.6) is 5.75 Å². The molecule has 0 aliphatic carbocycles. The fourth-order valence-electron chi connectivity index (χ4n) is 1.37. The average Bonchev–Trinajstić information content (AvgIpc) is 2.34. The molecule has 0 aliphatic rings. The maximum absolute atomic E-state index is 11.3. The van der Waals surface area contributed by atoms with Crippen molar-refractivity contribution in [3.63, 3.8) is 0 Å². The van der Waals surface area contributed by atoms with Crippen LogP contribution in [0.2, 0.25) is 0 Å². The molecule has 0 heterocycles. The number of hydrogen-bond acceptors (Lipinski definition) is 4. The molecule has 1 aromatic rings. The fourth-order valence-corrected chi connectivity index (χ4v) is 1.37. The summed E-state index contributed by atoms with van der Waals surface area (Å²) < 4.78 is 10.5. The molecule has 0 saturated heterocycles. The SMILES string of the molecule is CCOCC(O)COc1ccccc1C(C)=O. The smallest absolute Gasteiger partial charge is 0.163 e. The number of ether oxygens (including phenoxy) is 2. The molecule has 1 rings (SSSR count). The molecular weight excluding hydrogens is 220 g/mol. The molecule has 1 unspecified atom stereocenters. The number of ketones is 1. The van der Waals surface area contributed by atoms with E-state index in [-0.39, 0.29) is 19.0 Å². The van der Waals surface area contributed by atoms with E-state index in [2.05, 4.69) is 0 Å². The standard InChI is InChI=1S/C13H18O4/c1-3-16-8-11(15)9-17-13-7-5-4-6-12(13)10(2)14/h4-7,11,15H,3,8-9H2,1-2H3. The van der Waals surface area contributed by atoms with Gasteiger partial charge >= 0.3 is 0 Å². The van der Waals surface area contributed by atoms with E-state index >= 15 is 0 Å². The first-order chi connectivity index (χ1) is 8.15. The molecule has 94 valence electrons. The molecule has 0 bridgehead atoms. The van der Waals surface area contributed by atoms with Crippen molar-refractivity contribution in [2.45, 2.75) is 20.0 Å². The van der Waals surface area contributed by atoms with Gasteiger partial charge in [-0.15, -0.1) is 0 Å². The van der Waals surface area contributed by atoms with Crippen LogP contribution in [0.4, 0.5) is 0 Å². The Hall–Kier alpha value is -1.39. The van der Waals surface area contributed by atoms with Crippen LogP contribution in [0, 0.1) is 0 Å². The first-order valence-corrected chi connectivity index (χ1v) is 5.63. The normalized spacial score (nSPS) is 12.2. The van der Waals surface area contributed by atoms with Crippen molar-refractivity contribution >= 4 is 5.78 Å². The Bertz CT molecular complexity index is 362. The Balaban J connectivity index is 2.54. The third-order valence-electron chi connectivity index (χ3n) is 2.21. The molecule has 0 fully saturated rings. The van der Waals surface area contributed by atoms with Crippen LogP contribution in [0.25, 0.3) is 0 Å². The van der Waals surface area contributed by atoms with Gasteiger partial charge in [0, 0.05) is 6.61 Å². The number of carbonyl (C=O) groups excluding carboxylic acids is 1. The van der Waals surface area contributed by atoms with Crippen molar-refractivity contribution in [3.05, 3.63) is 29.8 Å². The highest BCUT2D eigenvalue weighted by Gasteiger charge is 2.10. The van der Waals surface area contributed by atoms with Gasteiger partial charge in [-0.3, -0.25) is 4.79 Å². The van der Waals surface area contributed by atoms with Crippen LogP contribution in [0.3, 0.4) is 0 Å². The summed E-state index contributed by atoms with van der Waals surface area (Å²) >= 11 is 0. The van der Waals surface area contributed by atoms with Gasteiger partial charge in [-0.1, -0.05) is 12.1 Å². The van der Waals surface area contributed by atoms with Crippen LogP contribution in [0.15, 0.2) is 24.3 Å². The minimum atomic E-state index is -0.685. The number of carbonyl (C=O) groups is 1. The van der Waals surface area contributed by atoms with Gasteiger partial charge in [0.2, 0.25) is 0 Å². The highest BCUT2D eigenvalue weighted by atomic mass is 16.5. The molecule has 1 atom stereocenters. The Morgan fingerprint density at radius 1 is 1.35 bits per heavy atom. The molecule has 0 aromatic heterocycles. The van der Waals surface area contributed by atoms with Crippen molar-refractivity contribution in [1.29, 1.82) is 0 Å². The van der Waals surface area contributed by atoms with E-state index in [1.165, 1.54) is 6.92 Å². The molecule has 17 heavy (non-hydrogen) atoms. The van der Waals surface area contributed by atoms with Crippen molar-refractivity contribution in [2.75, 3.05) is 19.8 Å². The second kappa shape index (κ2) is 7.04. The lowest BCUT2D eigenvalue weighted by Gasteiger charge is -2.13. The van der Waals surface area contributed by atoms with E-state index in [0.717, 1.165) is 0 Å². The molecule has 4 heteroatoms. The summed E-state index contributed by atoms with van der Waals surface area (Å²) in [4.78, 5) is 11.3. The summed E-state index contributed by atoms with van der Waals surface area (Å²) in [5.41, 5.74) is 0.524. The first kappa shape index (κ1) is 13.7.